The summed E-state index contributed by atoms with van der Waals surface area (Å²) in [6.45, 7) is -1.00. The molecule has 3 amide bonds. The lowest BCUT2D eigenvalue weighted by atomic mass is 10.1. The van der Waals surface area contributed by atoms with Crippen LogP contribution in [-0.4, -0.2) is 36.7 Å². The van der Waals surface area contributed by atoms with Crippen molar-refractivity contribution in [2.75, 3.05) is 11.5 Å². The topological polar surface area (TPSA) is 102 Å². The maximum absolute atomic E-state index is 12.7. The van der Waals surface area contributed by atoms with Gasteiger partial charge < -0.3 is 14.8 Å². The minimum absolute atomic E-state index is 0.0132. The van der Waals surface area contributed by atoms with Crippen LogP contribution in [0.3, 0.4) is 0 Å². The molecule has 0 saturated heterocycles. The van der Waals surface area contributed by atoms with Crippen molar-refractivity contribution in [2.24, 2.45) is 0 Å². The van der Waals surface area contributed by atoms with E-state index >= 15 is 0 Å². The minimum atomic E-state index is -4.89. The number of imide groups is 1. The van der Waals surface area contributed by atoms with Gasteiger partial charge in [0.2, 0.25) is 0 Å². The van der Waals surface area contributed by atoms with Crippen LogP contribution in [0.2, 0.25) is 0 Å². The van der Waals surface area contributed by atoms with Gasteiger partial charge in [-0.25, -0.2) is 9.69 Å². The number of para-hydroxylation sites is 1. The number of amides is 3. The predicted molar refractivity (Wildman–Crippen MR) is 119 cm³/mol. The minimum Gasteiger partial charge on any atom is -0.452 e. The van der Waals surface area contributed by atoms with Gasteiger partial charge >= 0.3 is 12.3 Å². The highest BCUT2D eigenvalue weighted by Crippen LogP contribution is 2.29. The summed E-state index contributed by atoms with van der Waals surface area (Å²) in [6.07, 6.45) is -4.89. The van der Waals surface area contributed by atoms with Crippen LogP contribution in [0.1, 0.15) is 36.6 Å². The van der Waals surface area contributed by atoms with E-state index in [4.69, 9.17) is 4.74 Å². The van der Waals surface area contributed by atoms with E-state index in [9.17, 15) is 32.3 Å². The van der Waals surface area contributed by atoms with Crippen LogP contribution in [0.15, 0.2) is 72.8 Å². The summed E-state index contributed by atoms with van der Waals surface area (Å²) < 4.78 is 46.5. The first-order valence-electron chi connectivity index (χ1n) is 10.5. The molecule has 0 unspecified atom stereocenters. The molecule has 0 fully saturated rings. The second-order valence-corrected chi connectivity index (χ2v) is 7.55. The van der Waals surface area contributed by atoms with Gasteiger partial charge in [-0.15, -0.1) is 13.2 Å². The number of halogens is 3. The van der Waals surface area contributed by atoms with Gasteiger partial charge in [-0.05, 0) is 36.4 Å². The molecular formula is C25H17F3N2O6. The Balaban J connectivity index is 1.36. The molecule has 0 atom stereocenters. The van der Waals surface area contributed by atoms with Crippen molar-refractivity contribution in [1.29, 1.82) is 0 Å². The molecule has 3 aromatic carbocycles. The van der Waals surface area contributed by atoms with Crippen LogP contribution >= 0.6 is 0 Å². The number of hydrogen-bond donors (Lipinski definition) is 1. The molecule has 0 spiro atoms. The normalized spacial score (nSPS) is 12.8. The van der Waals surface area contributed by atoms with Crippen molar-refractivity contribution in [3.05, 3.63) is 95.1 Å². The second-order valence-electron chi connectivity index (χ2n) is 7.55. The number of ether oxygens (including phenoxy) is 2. The van der Waals surface area contributed by atoms with Gasteiger partial charge in [0.05, 0.1) is 22.4 Å². The molecule has 0 bridgehead atoms. The fraction of sp³-hybridized carbons (Fsp3) is 0.120. The Morgan fingerprint density at radius 3 is 2.17 bits per heavy atom. The van der Waals surface area contributed by atoms with E-state index < -0.39 is 42.4 Å². The molecule has 0 aromatic heterocycles. The molecule has 36 heavy (non-hydrogen) atoms. The summed E-state index contributed by atoms with van der Waals surface area (Å²) in [4.78, 5) is 50.8. The van der Waals surface area contributed by atoms with E-state index in [-0.39, 0.29) is 34.5 Å². The Morgan fingerprint density at radius 1 is 0.861 bits per heavy atom. The van der Waals surface area contributed by atoms with Crippen LogP contribution in [0.4, 0.5) is 18.9 Å². The third-order valence-electron chi connectivity index (χ3n) is 5.14. The number of alkyl halides is 3. The molecular weight excluding hydrogens is 481 g/mol. The lowest BCUT2D eigenvalue weighted by molar-refractivity contribution is -0.274. The number of benzene rings is 3. The van der Waals surface area contributed by atoms with Crippen LogP contribution in [0.5, 0.6) is 5.75 Å². The highest BCUT2D eigenvalue weighted by molar-refractivity contribution is 6.34. The number of hydrogen-bond acceptors (Lipinski definition) is 6. The number of rotatable bonds is 7. The number of carbonyl (C=O) groups excluding carboxylic acids is 4. The van der Waals surface area contributed by atoms with Crippen molar-refractivity contribution in [3.63, 3.8) is 0 Å². The Bertz CT molecular complexity index is 1320. The smallest absolute Gasteiger partial charge is 0.452 e. The summed E-state index contributed by atoms with van der Waals surface area (Å²) in [5.74, 6) is -3.19. The number of anilines is 1. The van der Waals surface area contributed by atoms with Gasteiger partial charge in [0.25, 0.3) is 17.7 Å². The van der Waals surface area contributed by atoms with Crippen molar-refractivity contribution in [2.45, 2.75) is 12.9 Å². The molecule has 184 valence electrons. The third-order valence-corrected chi connectivity index (χ3v) is 5.14. The van der Waals surface area contributed by atoms with E-state index in [1.165, 1.54) is 54.6 Å². The molecule has 8 nitrogen and oxygen atoms in total. The summed E-state index contributed by atoms with van der Waals surface area (Å²) in [6, 6.07) is 17.2. The van der Waals surface area contributed by atoms with Crippen molar-refractivity contribution in [1.82, 2.24) is 5.32 Å². The van der Waals surface area contributed by atoms with E-state index in [0.717, 1.165) is 11.0 Å². The summed E-state index contributed by atoms with van der Waals surface area (Å²) in [5.41, 5.74) is 0.703. The average molecular weight is 498 g/mol. The summed E-state index contributed by atoms with van der Waals surface area (Å²) in [7, 11) is 0. The zero-order valence-electron chi connectivity index (χ0n) is 18.4. The molecule has 3 aromatic rings. The number of nitrogens with one attached hydrogen (secondary N) is 1. The molecule has 1 aliphatic heterocycles. The van der Waals surface area contributed by atoms with Crippen LogP contribution in [0.25, 0.3) is 0 Å². The van der Waals surface area contributed by atoms with Crippen molar-refractivity contribution < 1.29 is 41.8 Å². The molecule has 1 aliphatic rings. The zero-order chi connectivity index (χ0) is 25.9. The van der Waals surface area contributed by atoms with Gasteiger partial charge in [-0.1, -0.05) is 36.4 Å². The van der Waals surface area contributed by atoms with E-state index in [1.807, 2.05) is 0 Å². The fourth-order valence-electron chi connectivity index (χ4n) is 3.53. The molecule has 0 aliphatic carbocycles. The van der Waals surface area contributed by atoms with Crippen LogP contribution in [-0.2, 0) is 16.1 Å². The second kappa shape index (κ2) is 9.90. The Labute approximate surface area is 202 Å². The van der Waals surface area contributed by atoms with Gasteiger partial charge in [-0.2, -0.15) is 0 Å². The fourth-order valence-corrected chi connectivity index (χ4v) is 3.53. The van der Waals surface area contributed by atoms with Gasteiger partial charge in [0, 0.05) is 12.1 Å². The maximum Gasteiger partial charge on any atom is 0.573 e. The Kier molecular flexibility index (Phi) is 6.73. The monoisotopic (exact) mass is 498 g/mol. The molecule has 11 heteroatoms. The first-order chi connectivity index (χ1) is 17.1. The Morgan fingerprint density at radius 2 is 1.50 bits per heavy atom. The number of nitrogens with zero attached hydrogens (tertiary/aromatic N) is 1. The standard InChI is InChI=1S/C25H17F3N2O6/c26-25(27,28)36-20-11-4-1-6-16(20)13-29-21(31)14-35-24(34)15-7-5-8-17(12-15)30-22(32)18-9-2-3-10-19(18)23(30)33/h1-12H,13-14H2,(H,29,31). The molecule has 4 rings (SSSR count). The van der Waals surface area contributed by atoms with Crippen LogP contribution < -0.4 is 15.0 Å². The maximum atomic E-state index is 12.7. The lowest BCUT2D eigenvalue weighted by Gasteiger charge is -2.15. The summed E-state index contributed by atoms with van der Waals surface area (Å²) >= 11 is 0. The predicted octanol–water partition coefficient (Wildman–Crippen LogP) is 3.86. The van der Waals surface area contributed by atoms with Crippen LogP contribution in [0, 0.1) is 0 Å². The molecule has 1 heterocycles. The van der Waals surface area contributed by atoms with Crippen molar-refractivity contribution >= 4 is 29.4 Å². The lowest BCUT2D eigenvalue weighted by Crippen LogP contribution is -2.30. The average Bonchev–Trinajstić information content (AvgIpc) is 3.11. The highest BCUT2D eigenvalue weighted by atomic mass is 19.4. The number of esters is 1. The van der Waals surface area contributed by atoms with E-state index in [1.54, 1.807) is 12.1 Å². The largest absolute Gasteiger partial charge is 0.573 e. The van der Waals surface area contributed by atoms with Gasteiger partial charge in [0.1, 0.15) is 5.75 Å². The third kappa shape index (κ3) is 5.35. The quantitative estimate of drug-likeness (QED) is 0.392. The first-order valence-corrected chi connectivity index (χ1v) is 10.5. The molecule has 1 N–H and O–H groups in total. The van der Waals surface area contributed by atoms with Crippen molar-refractivity contribution in [3.8, 4) is 5.75 Å². The molecule has 0 saturated carbocycles. The van der Waals surface area contributed by atoms with E-state index in [0.29, 0.717) is 0 Å². The number of fused-ring (bicyclic) bond motifs is 1. The summed E-state index contributed by atoms with van der Waals surface area (Å²) in [5, 5.41) is 2.35. The number of carbonyl (C=O) groups is 4. The zero-order valence-corrected chi connectivity index (χ0v) is 18.4. The highest BCUT2D eigenvalue weighted by Gasteiger charge is 2.36. The van der Waals surface area contributed by atoms with Gasteiger partial charge in [0.15, 0.2) is 6.61 Å². The Hall–Kier alpha value is -4.67. The molecule has 0 radical (unpaired) electrons. The van der Waals surface area contributed by atoms with E-state index in [2.05, 4.69) is 10.1 Å². The first kappa shape index (κ1) is 24.5. The SMILES string of the molecule is O=C(COC(=O)c1cccc(N2C(=O)c3ccccc3C2=O)c1)NCc1ccccc1OC(F)(F)F. The van der Waals surface area contributed by atoms with Gasteiger partial charge in [-0.3, -0.25) is 14.4 Å².